The van der Waals surface area contributed by atoms with Crippen molar-refractivity contribution in [1.82, 2.24) is 0 Å². The maximum atomic E-state index is 11.5. The van der Waals surface area contributed by atoms with Crippen LogP contribution < -0.4 is 0 Å². The molecule has 3 aliphatic rings. The fourth-order valence-corrected chi connectivity index (χ4v) is 2.95. The molecule has 1 aliphatic carbocycles. The second-order valence-electron chi connectivity index (χ2n) is 5.33. The first-order chi connectivity index (χ1) is 8.24. The standard InChI is InChI=1S/C13H18O4/c14-13(15)12-8(4-10-6-16-10)2-1-3-9(12)5-11-7-17-11/h1-2,8-12H,3-7H2,(H,14,15). The van der Waals surface area contributed by atoms with Gasteiger partial charge in [0.05, 0.1) is 31.3 Å². The Morgan fingerprint density at radius 3 is 2.47 bits per heavy atom. The summed E-state index contributed by atoms with van der Waals surface area (Å²) < 4.78 is 10.4. The van der Waals surface area contributed by atoms with Gasteiger partial charge in [0.2, 0.25) is 0 Å². The molecule has 4 nitrogen and oxygen atoms in total. The highest BCUT2D eigenvalue weighted by Crippen LogP contribution is 2.39. The first-order valence-corrected chi connectivity index (χ1v) is 6.36. The Kier molecular flexibility index (Phi) is 2.92. The Morgan fingerprint density at radius 2 is 1.88 bits per heavy atom. The van der Waals surface area contributed by atoms with E-state index in [9.17, 15) is 9.90 Å². The van der Waals surface area contributed by atoms with Crippen LogP contribution in [0.4, 0.5) is 0 Å². The molecular weight excluding hydrogens is 220 g/mol. The van der Waals surface area contributed by atoms with Gasteiger partial charge >= 0.3 is 5.97 Å². The zero-order valence-electron chi connectivity index (χ0n) is 9.75. The van der Waals surface area contributed by atoms with Gasteiger partial charge in [-0.2, -0.15) is 0 Å². The Labute approximate surface area is 101 Å². The molecule has 5 unspecified atom stereocenters. The highest BCUT2D eigenvalue weighted by molar-refractivity contribution is 5.71. The molecule has 5 atom stereocenters. The summed E-state index contributed by atoms with van der Waals surface area (Å²) in [7, 11) is 0. The summed E-state index contributed by atoms with van der Waals surface area (Å²) in [5, 5.41) is 9.43. The number of epoxide rings is 2. The molecule has 4 heteroatoms. The van der Waals surface area contributed by atoms with E-state index in [-0.39, 0.29) is 17.8 Å². The molecule has 0 aromatic heterocycles. The third-order valence-corrected chi connectivity index (χ3v) is 3.98. The van der Waals surface area contributed by atoms with Crippen molar-refractivity contribution < 1.29 is 19.4 Å². The van der Waals surface area contributed by atoms with Crippen LogP contribution in [-0.2, 0) is 14.3 Å². The summed E-state index contributed by atoms with van der Waals surface area (Å²) in [6.45, 7) is 1.61. The Bertz CT molecular complexity index is 330. The van der Waals surface area contributed by atoms with Crippen molar-refractivity contribution >= 4 is 5.97 Å². The molecule has 17 heavy (non-hydrogen) atoms. The van der Waals surface area contributed by atoms with Gasteiger partial charge in [-0.1, -0.05) is 12.2 Å². The first-order valence-electron chi connectivity index (χ1n) is 6.36. The van der Waals surface area contributed by atoms with Gasteiger partial charge in [0.15, 0.2) is 0 Å². The number of aliphatic carboxylic acids is 1. The first kappa shape index (κ1) is 11.2. The van der Waals surface area contributed by atoms with E-state index in [4.69, 9.17) is 9.47 Å². The van der Waals surface area contributed by atoms with E-state index in [1.54, 1.807) is 0 Å². The van der Waals surface area contributed by atoms with Crippen LogP contribution in [0.15, 0.2) is 12.2 Å². The lowest BCUT2D eigenvalue weighted by atomic mass is 9.72. The predicted octanol–water partition coefficient (Wildman–Crippen LogP) is 1.46. The number of carboxylic acids is 1. The smallest absolute Gasteiger partial charge is 0.307 e. The number of ether oxygens (including phenoxy) is 2. The zero-order valence-corrected chi connectivity index (χ0v) is 9.75. The summed E-state index contributed by atoms with van der Waals surface area (Å²) in [6, 6.07) is 0. The molecule has 0 spiro atoms. The van der Waals surface area contributed by atoms with E-state index in [0.717, 1.165) is 32.5 Å². The van der Waals surface area contributed by atoms with Gasteiger partial charge in [0.25, 0.3) is 0 Å². The van der Waals surface area contributed by atoms with Gasteiger partial charge in [0, 0.05) is 0 Å². The minimum atomic E-state index is -0.661. The molecule has 2 heterocycles. The highest BCUT2D eigenvalue weighted by atomic mass is 16.6. The Balaban J connectivity index is 1.69. The van der Waals surface area contributed by atoms with E-state index in [1.165, 1.54) is 0 Å². The van der Waals surface area contributed by atoms with E-state index in [0.29, 0.717) is 12.2 Å². The van der Waals surface area contributed by atoms with Crippen molar-refractivity contribution in [2.24, 2.45) is 17.8 Å². The van der Waals surface area contributed by atoms with E-state index in [1.807, 2.05) is 0 Å². The topological polar surface area (TPSA) is 62.4 Å². The second-order valence-corrected chi connectivity index (χ2v) is 5.33. The van der Waals surface area contributed by atoms with Gasteiger partial charge < -0.3 is 14.6 Å². The molecule has 0 aromatic carbocycles. The van der Waals surface area contributed by atoms with E-state index < -0.39 is 5.97 Å². The van der Waals surface area contributed by atoms with Crippen LogP contribution >= 0.6 is 0 Å². The molecule has 2 aliphatic heterocycles. The highest BCUT2D eigenvalue weighted by Gasteiger charge is 2.41. The lowest BCUT2D eigenvalue weighted by Crippen LogP contribution is -2.33. The van der Waals surface area contributed by atoms with Crippen molar-refractivity contribution in [3.05, 3.63) is 12.2 Å². The van der Waals surface area contributed by atoms with Gasteiger partial charge in [-0.25, -0.2) is 0 Å². The van der Waals surface area contributed by atoms with Crippen molar-refractivity contribution in [3.63, 3.8) is 0 Å². The fraction of sp³-hybridized carbons (Fsp3) is 0.769. The summed E-state index contributed by atoms with van der Waals surface area (Å²) in [5.41, 5.74) is 0. The lowest BCUT2D eigenvalue weighted by molar-refractivity contribution is -0.145. The van der Waals surface area contributed by atoms with Crippen LogP contribution in [0.2, 0.25) is 0 Å². The summed E-state index contributed by atoms with van der Waals surface area (Å²) in [5.74, 6) is -0.551. The average Bonchev–Trinajstić information content (AvgIpc) is 3.12. The van der Waals surface area contributed by atoms with Gasteiger partial charge in [-0.05, 0) is 31.1 Å². The van der Waals surface area contributed by atoms with E-state index >= 15 is 0 Å². The molecule has 0 amide bonds. The Morgan fingerprint density at radius 1 is 1.24 bits per heavy atom. The third kappa shape index (κ3) is 2.69. The lowest BCUT2D eigenvalue weighted by Gasteiger charge is -2.31. The van der Waals surface area contributed by atoms with Crippen molar-refractivity contribution in [2.75, 3.05) is 13.2 Å². The number of carbonyl (C=O) groups is 1. The predicted molar refractivity (Wildman–Crippen MR) is 60.6 cm³/mol. The number of carboxylic acid groups (broad SMARTS) is 1. The minimum absolute atomic E-state index is 0.137. The maximum Gasteiger partial charge on any atom is 0.307 e. The number of allylic oxidation sites excluding steroid dienone is 2. The molecule has 0 bridgehead atoms. The van der Waals surface area contributed by atoms with Crippen LogP contribution in [0, 0.1) is 17.8 Å². The maximum absolute atomic E-state index is 11.5. The molecule has 0 saturated carbocycles. The van der Waals surface area contributed by atoms with Crippen molar-refractivity contribution in [3.8, 4) is 0 Å². The SMILES string of the molecule is O=C(O)C1C(CC2CO2)C=CCC1CC1CO1. The quantitative estimate of drug-likeness (QED) is 0.581. The molecule has 0 aromatic rings. The third-order valence-electron chi connectivity index (χ3n) is 3.98. The molecule has 1 N–H and O–H groups in total. The summed E-state index contributed by atoms with van der Waals surface area (Å²) in [4.78, 5) is 11.5. The number of hydrogen-bond acceptors (Lipinski definition) is 3. The largest absolute Gasteiger partial charge is 0.481 e. The minimum Gasteiger partial charge on any atom is -0.481 e. The Hall–Kier alpha value is -0.870. The van der Waals surface area contributed by atoms with Crippen LogP contribution in [-0.4, -0.2) is 36.5 Å². The summed E-state index contributed by atoms with van der Waals surface area (Å²) in [6.07, 6.45) is 7.44. The molecule has 3 rings (SSSR count). The fourth-order valence-electron chi connectivity index (χ4n) is 2.95. The van der Waals surface area contributed by atoms with Crippen LogP contribution in [0.25, 0.3) is 0 Å². The number of rotatable bonds is 5. The zero-order chi connectivity index (χ0) is 11.8. The molecule has 2 fully saturated rings. The summed E-state index contributed by atoms with van der Waals surface area (Å²) >= 11 is 0. The van der Waals surface area contributed by atoms with Gasteiger partial charge in [-0.15, -0.1) is 0 Å². The van der Waals surface area contributed by atoms with Crippen molar-refractivity contribution in [2.45, 2.75) is 31.5 Å². The monoisotopic (exact) mass is 238 g/mol. The van der Waals surface area contributed by atoms with Crippen LogP contribution in [0.1, 0.15) is 19.3 Å². The molecular formula is C13H18O4. The molecule has 0 radical (unpaired) electrons. The van der Waals surface area contributed by atoms with E-state index in [2.05, 4.69) is 12.2 Å². The molecule has 2 saturated heterocycles. The number of hydrogen-bond donors (Lipinski definition) is 1. The molecule has 94 valence electrons. The van der Waals surface area contributed by atoms with Gasteiger partial charge in [0.1, 0.15) is 0 Å². The average molecular weight is 238 g/mol. The van der Waals surface area contributed by atoms with Gasteiger partial charge in [-0.3, -0.25) is 4.79 Å². The van der Waals surface area contributed by atoms with Crippen LogP contribution in [0.3, 0.4) is 0 Å². The van der Waals surface area contributed by atoms with Crippen molar-refractivity contribution in [1.29, 1.82) is 0 Å². The normalized spacial score (nSPS) is 43.4. The van der Waals surface area contributed by atoms with Crippen LogP contribution in [0.5, 0.6) is 0 Å². The second kappa shape index (κ2) is 4.42.